The number of hydrogen-bond donors (Lipinski definition) is 2. The van der Waals surface area contributed by atoms with Crippen molar-refractivity contribution in [3.05, 3.63) is 86.8 Å². The van der Waals surface area contributed by atoms with Crippen LogP contribution in [-0.4, -0.2) is 64.3 Å². The van der Waals surface area contributed by atoms with E-state index in [0.29, 0.717) is 61.5 Å². The molecule has 0 bridgehead atoms. The fourth-order valence-electron chi connectivity index (χ4n) is 3.92. The van der Waals surface area contributed by atoms with Gasteiger partial charge in [0.1, 0.15) is 0 Å². The van der Waals surface area contributed by atoms with E-state index >= 15 is 0 Å². The molecule has 3 aromatic rings. The van der Waals surface area contributed by atoms with Crippen LogP contribution >= 0.6 is 11.6 Å². The lowest BCUT2D eigenvalue weighted by Crippen LogP contribution is -2.41. The number of carboxylic acids is 1. The molecule has 178 valence electrons. The number of ether oxygens (including phenoxy) is 1. The molecule has 4 rings (SSSR count). The van der Waals surface area contributed by atoms with E-state index in [1.165, 1.54) is 4.68 Å². The van der Waals surface area contributed by atoms with E-state index < -0.39 is 11.9 Å². The van der Waals surface area contributed by atoms with E-state index in [1.54, 1.807) is 31.2 Å². The fraction of sp³-hybridized carbons (Fsp3) is 0.320. The second-order valence-electron chi connectivity index (χ2n) is 8.19. The number of aromatic nitrogens is 2. The van der Waals surface area contributed by atoms with Crippen LogP contribution in [0.5, 0.6) is 0 Å². The summed E-state index contributed by atoms with van der Waals surface area (Å²) in [6.07, 6.45) is 0. The highest BCUT2D eigenvalue weighted by atomic mass is 35.5. The molecule has 1 aliphatic rings. The fourth-order valence-corrected chi connectivity index (χ4v) is 4.14. The summed E-state index contributed by atoms with van der Waals surface area (Å²) >= 11 is 6.36. The third-order valence-electron chi connectivity index (χ3n) is 5.88. The van der Waals surface area contributed by atoms with E-state index in [-0.39, 0.29) is 11.1 Å². The first-order valence-electron chi connectivity index (χ1n) is 11.2. The highest BCUT2D eigenvalue weighted by Gasteiger charge is 2.29. The van der Waals surface area contributed by atoms with Crippen LogP contribution in [-0.2, 0) is 16.1 Å². The lowest BCUT2D eigenvalue weighted by atomic mass is 10.0. The molecule has 0 saturated carbocycles. The largest absolute Gasteiger partial charge is 0.481 e. The van der Waals surface area contributed by atoms with Gasteiger partial charge in [0.25, 0.3) is 5.56 Å². The number of rotatable bonds is 8. The number of H-pyrrole nitrogens is 1. The Hall–Kier alpha value is -3.20. The molecular formula is C25H27ClN4O4. The number of nitrogens with zero attached hydrogens (tertiary/aromatic N) is 3. The topological polar surface area (TPSA) is 99.9 Å². The number of carboxylic acid groups (broad SMARTS) is 1. The van der Waals surface area contributed by atoms with Gasteiger partial charge in [-0.05, 0) is 24.6 Å². The Balaban J connectivity index is 1.85. The summed E-state index contributed by atoms with van der Waals surface area (Å²) in [6, 6.07) is 16.7. The van der Waals surface area contributed by atoms with Crippen molar-refractivity contribution in [1.29, 1.82) is 0 Å². The molecule has 0 aliphatic carbocycles. The first-order valence-corrected chi connectivity index (χ1v) is 11.5. The molecule has 1 atom stereocenters. The van der Waals surface area contributed by atoms with E-state index in [1.807, 2.05) is 30.3 Å². The van der Waals surface area contributed by atoms with Crippen LogP contribution in [0.1, 0.15) is 29.7 Å². The number of morpholine rings is 1. The summed E-state index contributed by atoms with van der Waals surface area (Å²) in [6.45, 7) is 4.94. The standard InChI is InChI=1S/C25H27ClN4O4/c1-17(25(32)33)23-22(24(31)30(28-23)21-10-6-5-9-19(21)26)20(16-29-11-13-34-14-12-29)27-15-18-7-3-2-4-8-18/h2-10,17,28H,11-16H2,1H3,(H,32,33). The Morgan fingerprint density at radius 2 is 1.82 bits per heavy atom. The SMILES string of the molecule is CC(C(=O)O)c1[nH]n(-c2ccccc2Cl)c(=O)c1C(CN1CCOCC1)=NCc1ccccc1. The molecule has 8 nitrogen and oxygen atoms in total. The van der Waals surface area contributed by atoms with Gasteiger partial charge in [0.05, 0.1) is 53.4 Å². The quantitative estimate of drug-likeness (QED) is 0.480. The van der Waals surface area contributed by atoms with Crippen molar-refractivity contribution in [2.45, 2.75) is 19.4 Å². The Morgan fingerprint density at radius 1 is 1.15 bits per heavy atom. The Labute approximate surface area is 202 Å². The summed E-state index contributed by atoms with van der Waals surface area (Å²) < 4.78 is 6.77. The van der Waals surface area contributed by atoms with Crippen LogP contribution < -0.4 is 5.56 Å². The zero-order valence-corrected chi connectivity index (χ0v) is 19.7. The minimum atomic E-state index is -1.04. The van der Waals surface area contributed by atoms with Crippen LogP contribution in [0.4, 0.5) is 0 Å². The molecule has 9 heteroatoms. The Bertz CT molecular complexity index is 1230. The Morgan fingerprint density at radius 3 is 2.50 bits per heavy atom. The van der Waals surface area contributed by atoms with Gasteiger partial charge in [-0.2, -0.15) is 0 Å². The van der Waals surface area contributed by atoms with Crippen molar-refractivity contribution in [3.8, 4) is 5.69 Å². The van der Waals surface area contributed by atoms with E-state index in [4.69, 9.17) is 21.3 Å². The summed E-state index contributed by atoms with van der Waals surface area (Å²) in [5.41, 5.74) is 2.19. The number of nitrogens with one attached hydrogen (secondary N) is 1. The number of para-hydroxylation sites is 1. The second kappa shape index (κ2) is 10.8. The molecule has 34 heavy (non-hydrogen) atoms. The monoisotopic (exact) mass is 482 g/mol. The maximum Gasteiger partial charge on any atom is 0.312 e. The molecule has 2 N–H and O–H groups in total. The van der Waals surface area contributed by atoms with Crippen molar-refractivity contribution in [1.82, 2.24) is 14.7 Å². The average Bonchev–Trinajstić information content (AvgIpc) is 3.19. The number of aromatic amines is 1. The molecule has 1 unspecified atom stereocenters. The van der Waals surface area contributed by atoms with Gasteiger partial charge in [0, 0.05) is 19.6 Å². The van der Waals surface area contributed by atoms with Gasteiger partial charge in [-0.25, -0.2) is 4.68 Å². The predicted octanol–water partition coefficient (Wildman–Crippen LogP) is 3.33. The third kappa shape index (κ3) is 5.30. The number of carbonyl (C=O) groups is 1. The summed E-state index contributed by atoms with van der Waals surface area (Å²) in [5, 5.41) is 13.2. The zero-order valence-electron chi connectivity index (χ0n) is 18.9. The van der Waals surface area contributed by atoms with Gasteiger partial charge >= 0.3 is 5.97 Å². The maximum absolute atomic E-state index is 13.7. The van der Waals surface area contributed by atoms with Gasteiger partial charge in [-0.3, -0.25) is 24.6 Å². The molecule has 1 fully saturated rings. The minimum Gasteiger partial charge on any atom is -0.481 e. The second-order valence-corrected chi connectivity index (χ2v) is 8.60. The normalized spacial score (nSPS) is 15.9. The van der Waals surface area contributed by atoms with Crippen molar-refractivity contribution >= 4 is 23.3 Å². The molecule has 1 aromatic heterocycles. The van der Waals surface area contributed by atoms with Crippen molar-refractivity contribution in [2.75, 3.05) is 32.8 Å². The average molecular weight is 483 g/mol. The minimum absolute atomic E-state index is 0.275. The molecule has 2 heterocycles. The first kappa shape index (κ1) is 23.9. The van der Waals surface area contributed by atoms with Crippen molar-refractivity contribution in [3.63, 3.8) is 0 Å². The highest BCUT2D eigenvalue weighted by Crippen LogP contribution is 2.23. The number of benzene rings is 2. The van der Waals surface area contributed by atoms with Crippen LogP contribution in [0.3, 0.4) is 0 Å². The van der Waals surface area contributed by atoms with Gasteiger partial charge in [0.15, 0.2) is 0 Å². The van der Waals surface area contributed by atoms with Gasteiger partial charge in [0.2, 0.25) is 0 Å². The molecule has 0 amide bonds. The smallest absolute Gasteiger partial charge is 0.312 e. The number of halogens is 1. The highest BCUT2D eigenvalue weighted by molar-refractivity contribution is 6.32. The molecule has 2 aromatic carbocycles. The van der Waals surface area contributed by atoms with Crippen LogP contribution in [0.2, 0.25) is 5.02 Å². The molecular weight excluding hydrogens is 456 g/mol. The van der Waals surface area contributed by atoms with E-state index in [9.17, 15) is 14.7 Å². The number of aliphatic imine (C=N–C) groups is 1. The lowest BCUT2D eigenvalue weighted by Gasteiger charge is -2.27. The predicted molar refractivity (Wildman–Crippen MR) is 131 cm³/mol. The molecule has 1 saturated heterocycles. The van der Waals surface area contributed by atoms with Gasteiger partial charge < -0.3 is 9.84 Å². The van der Waals surface area contributed by atoms with Gasteiger partial charge in [-0.15, -0.1) is 0 Å². The number of hydrogen-bond acceptors (Lipinski definition) is 5. The van der Waals surface area contributed by atoms with Crippen LogP contribution in [0.25, 0.3) is 5.69 Å². The Kier molecular flexibility index (Phi) is 7.62. The van der Waals surface area contributed by atoms with E-state index in [0.717, 1.165) is 5.56 Å². The van der Waals surface area contributed by atoms with Crippen LogP contribution in [0.15, 0.2) is 64.4 Å². The van der Waals surface area contributed by atoms with E-state index in [2.05, 4.69) is 10.00 Å². The van der Waals surface area contributed by atoms with Gasteiger partial charge in [-0.1, -0.05) is 54.1 Å². The molecule has 0 radical (unpaired) electrons. The van der Waals surface area contributed by atoms with Crippen molar-refractivity contribution in [2.24, 2.45) is 4.99 Å². The number of aliphatic carboxylic acids is 1. The summed E-state index contributed by atoms with van der Waals surface area (Å²) in [7, 11) is 0. The van der Waals surface area contributed by atoms with Crippen molar-refractivity contribution < 1.29 is 14.6 Å². The first-order chi connectivity index (χ1) is 16.5. The molecule has 0 spiro atoms. The third-order valence-corrected chi connectivity index (χ3v) is 6.20. The van der Waals surface area contributed by atoms with Crippen LogP contribution in [0, 0.1) is 0 Å². The maximum atomic E-state index is 13.7. The summed E-state index contributed by atoms with van der Waals surface area (Å²) in [5.74, 6) is -1.99. The lowest BCUT2D eigenvalue weighted by molar-refractivity contribution is -0.138. The molecule has 1 aliphatic heterocycles. The summed E-state index contributed by atoms with van der Waals surface area (Å²) in [4.78, 5) is 32.7. The zero-order chi connectivity index (χ0) is 24.1.